The van der Waals surface area contributed by atoms with Crippen molar-refractivity contribution in [1.82, 2.24) is 0 Å². The predicted molar refractivity (Wildman–Crippen MR) is 72.2 cm³/mol. The zero-order valence-corrected chi connectivity index (χ0v) is 11.5. The lowest BCUT2D eigenvalue weighted by molar-refractivity contribution is -0.0632. The summed E-state index contributed by atoms with van der Waals surface area (Å²) in [4.78, 5) is 0. The van der Waals surface area contributed by atoms with Gasteiger partial charge in [-0.15, -0.1) is 0 Å². The normalized spacial score (nSPS) is 46.7. The molecule has 0 radical (unpaired) electrons. The highest BCUT2D eigenvalue weighted by molar-refractivity contribution is 5.01. The smallest absolute Gasteiger partial charge is 0.0622 e. The number of rotatable bonds is 1. The molecule has 104 valence electrons. The van der Waals surface area contributed by atoms with Crippen molar-refractivity contribution >= 4 is 0 Å². The molecule has 2 nitrogen and oxygen atoms in total. The lowest BCUT2D eigenvalue weighted by atomic mass is 9.63. The van der Waals surface area contributed by atoms with Crippen LogP contribution in [0.15, 0.2) is 0 Å². The van der Waals surface area contributed by atoms with Crippen LogP contribution >= 0.6 is 0 Å². The lowest BCUT2D eigenvalue weighted by Gasteiger charge is -2.44. The van der Waals surface area contributed by atoms with Gasteiger partial charge in [0.25, 0.3) is 0 Å². The van der Waals surface area contributed by atoms with Gasteiger partial charge in [0.1, 0.15) is 0 Å². The Morgan fingerprint density at radius 1 is 0.611 bits per heavy atom. The molecule has 18 heavy (non-hydrogen) atoms. The Balaban J connectivity index is 1.60. The Kier molecular flexibility index (Phi) is 3.68. The molecular weight excluding hydrogens is 224 g/mol. The summed E-state index contributed by atoms with van der Waals surface area (Å²) in [6.45, 7) is 0. The Bertz CT molecular complexity index is 263. The minimum absolute atomic E-state index is 0.120. The number of hydrogen-bond donors (Lipinski definition) is 2. The molecule has 0 aliphatic heterocycles. The Morgan fingerprint density at radius 2 is 1.11 bits per heavy atom. The maximum absolute atomic E-state index is 10.2. The summed E-state index contributed by atoms with van der Waals surface area (Å²) in [5.74, 6) is 1.84. The van der Waals surface area contributed by atoms with E-state index in [9.17, 15) is 10.2 Å². The Morgan fingerprint density at radius 3 is 1.67 bits per heavy atom. The third-order valence-electron chi connectivity index (χ3n) is 6.32. The molecule has 2 N–H and O–H groups in total. The van der Waals surface area contributed by atoms with Crippen LogP contribution in [0.3, 0.4) is 0 Å². The molecule has 0 amide bonds. The number of hydrogen-bond acceptors (Lipinski definition) is 2. The molecule has 2 heteroatoms. The van der Waals surface area contributed by atoms with Crippen LogP contribution in [0.4, 0.5) is 0 Å². The van der Waals surface area contributed by atoms with E-state index in [1.54, 1.807) is 0 Å². The topological polar surface area (TPSA) is 40.5 Å². The molecule has 0 saturated heterocycles. The first-order chi connectivity index (χ1) is 8.72. The molecule has 3 saturated carbocycles. The van der Waals surface area contributed by atoms with Crippen molar-refractivity contribution < 1.29 is 10.2 Å². The Hall–Kier alpha value is -0.0800. The van der Waals surface area contributed by atoms with E-state index in [0.29, 0.717) is 0 Å². The molecule has 3 aliphatic rings. The second kappa shape index (κ2) is 5.13. The maximum atomic E-state index is 10.2. The van der Waals surface area contributed by atoms with E-state index in [1.165, 1.54) is 44.9 Å². The summed E-state index contributed by atoms with van der Waals surface area (Å²) in [5.41, 5.74) is -0.120. The van der Waals surface area contributed by atoms with E-state index < -0.39 is 0 Å². The summed E-state index contributed by atoms with van der Waals surface area (Å²) < 4.78 is 0. The molecule has 1 spiro atoms. The molecule has 0 bridgehead atoms. The maximum Gasteiger partial charge on any atom is 0.0622 e. The van der Waals surface area contributed by atoms with E-state index in [1.807, 2.05) is 0 Å². The molecule has 3 fully saturated rings. The van der Waals surface area contributed by atoms with Gasteiger partial charge in [0.2, 0.25) is 0 Å². The van der Waals surface area contributed by atoms with Crippen molar-refractivity contribution in [1.29, 1.82) is 0 Å². The van der Waals surface area contributed by atoms with E-state index in [-0.39, 0.29) is 17.6 Å². The number of aliphatic hydroxyl groups excluding tert-OH is 2. The van der Waals surface area contributed by atoms with Gasteiger partial charge in [-0.2, -0.15) is 0 Å². The molecular formula is C16H28O2. The predicted octanol–water partition coefficient (Wildman–Crippen LogP) is 3.26. The van der Waals surface area contributed by atoms with Crippen molar-refractivity contribution in [2.24, 2.45) is 17.3 Å². The van der Waals surface area contributed by atoms with Gasteiger partial charge in [-0.05, 0) is 50.4 Å². The van der Waals surface area contributed by atoms with Crippen LogP contribution < -0.4 is 0 Å². The second-order valence-electron chi connectivity index (χ2n) is 7.08. The summed E-state index contributed by atoms with van der Waals surface area (Å²) in [6, 6.07) is 0. The van der Waals surface area contributed by atoms with E-state index in [4.69, 9.17) is 0 Å². The summed E-state index contributed by atoms with van der Waals surface area (Å²) in [6.07, 6.45) is 12.9. The number of aliphatic hydroxyl groups is 2. The molecule has 0 aromatic rings. The minimum Gasteiger partial charge on any atom is -0.392 e. The van der Waals surface area contributed by atoms with Crippen molar-refractivity contribution in [2.45, 2.75) is 82.8 Å². The van der Waals surface area contributed by atoms with Gasteiger partial charge in [0.15, 0.2) is 0 Å². The van der Waals surface area contributed by atoms with Gasteiger partial charge >= 0.3 is 0 Å². The third-order valence-corrected chi connectivity index (χ3v) is 6.32. The van der Waals surface area contributed by atoms with Crippen LogP contribution in [0.2, 0.25) is 0 Å². The molecule has 0 heterocycles. The zero-order valence-electron chi connectivity index (χ0n) is 11.5. The first-order valence-corrected chi connectivity index (χ1v) is 8.08. The van der Waals surface area contributed by atoms with Crippen LogP contribution in [0.1, 0.15) is 70.6 Å². The fourth-order valence-corrected chi connectivity index (χ4v) is 5.03. The van der Waals surface area contributed by atoms with Crippen LogP contribution in [-0.2, 0) is 0 Å². The van der Waals surface area contributed by atoms with E-state index in [0.717, 1.165) is 37.5 Å². The van der Waals surface area contributed by atoms with Gasteiger partial charge < -0.3 is 10.2 Å². The molecule has 2 atom stereocenters. The summed E-state index contributed by atoms with van der Waals surface area (Å²) in [7, 11) is 0. The largest absolute Gasteiger partial charge is 0.392 e. The van der Waals surface area contributed by atoms with E-state index in [2.05, 4.69) is 0 Å². The first kappa shape index (κ1) is 12.9. The highest BCUT2D eigenvalue weighted by atomic mass is 16.3. The monoisotopic (exact) mass is 252 g/mol. The average molecular weight is 252 g/mol. The van der Waals surface area contributed by atoms with Crippen molar-refractivity contribution in [3.05, 3.63) is 0 Å². The van der Waals surface area contributed by atoms with Crippen molar-refractivity contribution in [3.8, 4) is 0 Å². The third kappa shape index (κ3) is 2.12. The standard InChI is InChI=1S/C16H28O2/c17-14-6-7-15(18)16(14)10-8-13(9-11-16)12-4-2-1-3-5-12/h12-15,17-18H,1-11H2. The van der Waals surface area contributed by atoms with Crippen LogP contribution in [0, 0.1) is 17.3 Å². The van der Waals surface area contributed by atoms with Gasteiger partial charge in [-0.25, -0.2) is 0 Å². The molecule has 3 aliphatic carbocycles. The molecule has 3 rings (SSSR count). The first-order valence-electron chi connectivity index (χ1n) is 8.08. The lowest BCUT2D eigenvalue weighted by Crippen LogP contribution is -2.43. The van der Waals surface area contributed by atoms with Gasteiger partial charge in [-0.3, -0.25) is 0 Å². The van der Waals surface area contributed by atoms with E-state index >= 15 is 0 Å². The molecule has 0 aromatic carbocycles. The summed E-state index contributed by atoms with van der Waals surface area (Å²) in [5, 5.41) is 20.4. The Labute approximate surface area is 111 Å². The minimum atomic E-state index is -0.236. The van der Waals surface area contributed by atoms with Crippen LogP contribution in [0.25, 0.3) is 0 Å². The highest BCUT2D eigenvalue weighted by Gasteiger charge is 2.50. The molecule has 2 unspecified atom stereocenters. The van der Waals surface area contributed by atoms with Crippen LogP contribution in [-0.4, -0.2) is 22.4 Å². The zero-order chi connectivity index (χ0) is 12.6. The summed E-state index contributed by atoms with van der Waals surface area (Å²) >= 11 is 0. The van der Waals surface area contributed by atoms with Gasteiger partial charge in [-0.1, -0.05) is 32.1 Å². The molecule has 0 aromatic heterocycles. The highest BCUT2D eigenvalue weighted by Crippen LogP contribution is 2.52. The van der Waals surface area contributed by atoms with Gasteiger partial charge in [0, 0.05) is 5.41 Å². The fraction of sp³-hybridized carbons (Fsp3) is 1.00. The SMILES string of the molecule is OC1CCC(O)C12CCC(C1CCCCC1)CC2. The quantitative estimate of drug-likeness (QED) is 0.752. The van der Waals surface area contributed by atoms with Crippen molar-refractivity contribution in [3.63, 3.8) is 0 Å². The average Bonchev–Trinajstić information content (AvgIpc) is 2.70. The van der Waals surface area contributed by atoms with Crippen molar-refractivity contribution in [2.75, 3.05) is 0 Å². The van der Waals surface area contributed by atoms with Crippen LogP contribution in [0.5, 0.6) is 0 Å². The fourth-order valence-electron chi connectivity index (χ4n) is 5.03. The van der Waals surface area contributed by atoms with Gasteiger partial charge in [0.05, 0.1) is 12.2 Å². The second-order valence-corrected chi connectivity index (χ2v) is 7.08.